The van der Waals surface area contributed by atoms with E-state index in [9.17, 15) is 18.0 Å². The number of nitrogens with one attached hydrogen (secondary N) is 1. The highest BCUT2D eigenvalue weighted by atomic mass is 35.5. The van der Waals surface area contributed by atoms with Crippen molar-refractivity contribution in [3.63, 3.8) is 0 Å². The molecule has 39 heavy (non-hydrogen) atoms. The first-order valence-electron chi connectivity index (χ1n) is 12.7. The Morgan fingerprint density at radius 3 is 2.23 bits per heavy atom. The summed E-state index contributed by atoms with van der Waals surface area (Å²) in [6.45, 7) is 5.80. The summed E-state index contributed by atoms with van der Waals surface area (Å²) >= 11 is 12.2. The third-order valence-electron chi connectivity index (χ3n) is 6.15. The molecule has 0 aliphatic heterocycles. The standard InChI is InChI=1S/C29H33Cl2N3O4S/c1-4-16-32-29(36)27(5-2)33(19-22-9-6-8-21(3)17-22)28(35)20-34(25-11-7-10-24(31)18-25)39(37,38)26-14-12-23(30)13-15-26/h6-15,17-18,27H,4-5,16,19-20H2,1-3H3,(H,32,36)/t27-/m0/s1. The molecule has 0 saturated heterocycles. The Morgan fingerprint density at radius 1 is 0.923 bits per heavy atom. The van der Waals surface area contributed by atoms with Crippen LogP contribution in [0.2, 0.25) is 10.0 Å². The van der Waals surface area contributed by atoms with Gasteiger partial charge in [0.2, 0.25) is 11.8 Å². The SMILES string of the molecule is CCCNC(=O)[C@H](CC)N(Cc1cccc(C)c1)C(=O)CN(c1cccc(Cl)c1)S(=O)(=O)c1ccc(Cl)cc1. The summed E-state index contributed by atoms with van der Waals surface area (Å²) in [4.78, 5) is 28.5. The summed E-state index contributed by atoms with van der Waals surface area (Å²) in [6, 6.07) is 18.9. The molecule has 3 rings (SSSR count). The zero-order valence-electron chi connectivity index (χ0n) is 22.2. The average molecular weight is 591 g/mol. The van der Waals surface area contributed by atoms with Crippen molar-refractivity contribution in [2.24, 2.45) is 0 Å². The quantitative estimate of drug-likeness (QED) is 0.288. The molecule has 0 saturated carbocycles. The maximum atomic E-state index is 14.0. The van der Waals surface area contributed by atoms with E-state index in [1.54, 1.807) is 18.2 Å². The lowest BCUT2D eigenvalue weighted by atomic mass is 10.1. The minimum Gasteiger partial charge on any atom is -0.354 e. The summed E-state index contributed by atoms with van der Waals surface area (Å²) in [5, 5.41) is 3.57. The summed E-state index contributed by atoms with van der Waals surface area (Å²) in [6.07, 6.45) is 1.10. The van der Waals surface area contributed by atoms with Gasteiger partial charge in [-0.3, -0.25) is 13.9 Å². The predicted molar refractivity (Wildman–Crippen MR) is 157 cm³/mol. The lowest BCUT2D eigenvalue weighted by Crippen LogP contribution is -2.52. The van der Waals surface area contributed by atoms with Gasteiger partial charge in [-0.1, -0.05) is 72.9 Å². The van der Waals surface area contributed by atoms with Crippen LogP contribution >= 0.6 is 23.2 Å². The van der Waals surface area contributed by atoms with Gasteiger partial charge in [0.05, 0.1) is 10.6 Å². The van der Waals surface area contributed by atoms with Gasteiger partial charge in [0.15, 0.2) is 0 Å². The molecule has 3 aromatic carbocycles. The van der Waals surface area contributed by atoms with Gasteiger partial charge in [0, 0.05) is 23.1 Å². The lowest BCUT2D eigenvalue weighted by molar-refractivity contribution is -0.140. The number of hydrogen-bond acceptors (Lipinski definition) is 4. The molecule has 0 spiro atoms. The number of amides is 2. The first-order valence-corrected chi connectivity index (χ1v) is 14.9. The molecular formula is C29H33Cl2N3O4S. The monoisotopic (exact) mass is 589 g/mol. The number of sulfonamides is 1. The van der Waals surface area contributed by atoms with Crippen LogP contribution in [0.5, 0.6) is 0 Å². The molecule has 0 heterocycles. The second kappa shape index (κ2) is 13.8. The summed E-state index contributed by atoms with van der Waals surface area (Å²) in [7, 11) is -4.19. The van der Waals surface area contributed by atoms with E-state index in [4.69, 9.17) is 23.2 Å². The predicted octanol–water partition coefficient (Wildman–Crippen LogP) is 5.83. The Balaban J connectivity index is 2.05. The molecular weight excluding hydrogens is 557 g/mol. The molecule has 208 valence electrons. The minimum absolute atomic E-state index is 0.0300. The van der Waals surface area contributed by atoms with Crippen LogP contribution in [-0.4, -0.2) is 44.3 Å². The molecule has 3 aromatic rings. The normalized spacial score (nSPS) is 12.0. The van der Waals surface area contributed by atoms with Gasteiger partial charge in [-0.25, -0.2) is 8.42 Å². The Labute approximate surface area is 240 Å². The third-order valence-corrected chi connectivity index (χ3v) is 8.42. The van der Waals surface area contributed by atoms with E-state index < -0.39 is 28.5 Å². The summed E-state index contributed by atoms with van der Waals surface area (Å²) < 4.78 is 28.7. The number of aryl methyl sites for hydroxylation is 1. The number of nitrogens with zero attached hydrogens (tertiary/aromatic N) is 2. The average Bonchev–Trinajstić information content (AvgIpc) is 2.90. The highest BCUT2D eigenvalue weighted by Crippen LogP contribution is 2.27. The lowest BCUT2D eigenvalue weighted by Gasteiger charge is -2.33. The third kappa shape index (κ3) is 7.97. The number of carbonyl (C=O) groups is 2. The van der Waals surface area contributed by atoms with E-state index in [-0.39, 0.29) is 23.0 Å². The number of carbonyl (C=O) groups excluding carboxylic acids is 2. The maximum Gasteiger partial charge on any atom is 0.264 e. The fraction of sp³-hybridized carbons (Fsp3) is 0.310. The van der Waals surface area contributed by atoms with Crippen LogP contribution < -0.4 is 9.62 Å². The molecule has 1 N–H and O–H groups in total. The fourth-order valence-corrected chi connectivity index (χ4v) is 5.90. The van der Waals surface area contributed by atoms with Crippen LogP contribution in [0.15, 0.2) is 77.7 Å². The number of benzene rings is 3. The van der Waals surface area contributed by atoms with Gasteiger partial charge < -0.3 is 10.2 Å². The van der Waals surface area contributed by atoms with Crippen LogP contribution in [0.1, 0.15) is 37.8 Å². The van der Waals surface area contributed by atoms with Crippen molar-refractivity contribution in [2.45, 2.75) is 51.1 Å². The number of anilines is 1. The molecule has 0 bridgehead atoms. The molecule has 0 aliphatic carbocycles. The van der Waals surface area contributed by atoms with Gasteiger partial charge in [-0.2, -0.15) is 0 Å². The number of halogens is 2. The number of hydrogen-bond donors (Lipinski definition) is 1. The van der Waals surface area contributed by atoms with Gasteiger partial charge in [0.1, 0.15) is 12.6 Å². The highest BCUT2D eigenvalue weighted by Gasteiger charge is 2.33. The largest absolute Gasteiger partial charge is 0.354 e. The van der Waals surface area contributed by atoms with E-state index in [1.165, 1.54) is 35.2 Å². The van der Waals surface area contributed by atoms with E-state index in [0.29, 0.717) is 23.0 Å². The smallest absolute Gasteiger partial charge is 0.264 e. The van der Waals surface area contributed by atoms with Gasteiger partial charge in [-0.15, -0.1) is 0 Å². The maximum absolute atomic E-state index is 14.0. The van der Waals surface area contributed by atoms with Gasteiger partial charge >= 0.3 is 0 Å². The molecule has 0 aliphatic rings. The zero-order valence-corrected chi connectivity index (χ0v) is 24.6. The molecule has 7 nitrogen and oxygen atoms in total. The van der Waals surface area contributed by atoms with Gasteiger partial charge in [0.25, 0.3) is 10.0 Å². The van der Waals surface area contributed by atoms with Crippen LogP contribution in [0.25, 0.3) is 0 Å². The van der Waals surface area contributed by atoms with Crippen molar-refractivity contribution < 1.29 is 18.0 Å². The molecule has 0 radical (unpaired) electrons. The zero-order chi connectivity index (χ0) is 28.6. The second-order valence-corrected chi connectivity index (χ2v) is 11.9. The van der Waals surface area contributed by atoms with E-state index in [2.05, 4.69) is 5.32 Å². The first-order chi connectivity index (χ1) is 18.6. The van der Waals surface area contributed by atoms with Crippen molar-refractivity contribution in [3.8, 4) is 0 Å². The Morgan fingerprint density at radius 2 is 1.62 bits per heavy atom. The van der Waals surface area contributed by atoms with Crippen LogP contribution in [0.4, 0.5) is 5.69 Å². The summed E-state index contributed by atoms with van der Waals surface area (Å²) in [5.74, 6) is -0.803. The van der Waals surface area contributed by atoms with Crippen molar-refractivity contribution in [2.75, 3.05) is 17.4 Å². The Hall–Kier alpha value is -3.07. The summed E-state index contributed by atoms with van der Waals surface area (Å²) in [5.41, 5.74) is 2.07. The van der Waals surface area contributed by atoms with Gasteiger partial charge in [-0.05, 0) is 67.8 Å². The fourth-order valence-electron chi connectivity index (χ4n) is 4.19. The van der Waals surface area contributed by atoms with Crippen LogP contribution in [-0.2, 0) is 26.2 Å². The molecule has 2 amide bonds. The first kappa shape index (κ1) is 30.5. The van der Waals surface area contributed by atoms with Crippen LogP contribution in [0, 0.1) is 6.92 Å². The van der Waals surface area contributed by atoms with Crippen molar-refractivity contribution in [1.29, 1.82) is 0 Å². The topological polar surface area (TPSA) is 86.8 Å². The molecule has 0 unspecified atom stereocenters. The molecule has 10 heteroatoms. The van der Waals surface area contributed by atoms with E-state index in [0.717, 1.165) is 21.9 Å². The van der Waals surface area contributed by atoms with Crippen molar-refractivity contribution >= 4 is 50.7 Å². The molecule has 1 atom stereocenters. The molecule has 0 aromatic heterocycles. The van der Waals surface area contributed by atoms with Crippen LogP contribution in [0.3, 0.4) is 0 Å². The minimum atomic E-state index is -4.19. The van der Waals surface area contributed by atoms with Crippen molar-refractivity contribution in [3.05, 3.63) is 94.0 Å². The van der Waals surface area contributed by atoms with E-state index in [1.807, 2.05) is 45.0 Å². The van der Waals surface area contributed by atoms with E-state index >= 15 is 0 Å². The van der Waals surface area contributed by atoms with Crippen molar-refractivity contribution in [1.82, 2.24) is 10.2 Å². The second-order valence-electron chi connectivity index (χ2n) is 9.17. The number of rotatable bonds is 12. The molecule has 0 fully saturated rings. The highest BCUT2D eigenvalue weighted by molar-refractivity contribution is 7.92. The Kier molecular flexibility index (Phi) is 10.8. The Bertz CT molecular complexity index is 1400.